The maximum atomic E-state index is 9.73. The molecule has 0 aliphatic rings. The van der Waals surface area contributed by atoms with E-state index in [2.05, 4.69) is 5.10 Å². The van der Waals surface area contributed by atoms with Gasteiger partial charge in [0.05, 0.1) is 25.5 Å². The molecule has 1 unspecified atom stereocenters. The van der Waals surface area contributed by atoms with Crippen molar-refractivity contribution in [3.05, 3.63) is 18.0 Å². The van der Waals surface area contributed by atoms with Crippen molar-refractivity contribution < 1.29 is 14.6 Å². The maximum Gasteiger partial charge on any atom is 0.0842 e. The molecule has 0 saturated heterocycles. The molecule has 5 heteroatoms. The minimum absolute atomic E-state index is 0.499. The Labute approximate surface area is 89.6 Å². The molecule has 1 atom stereocenters. The molecule has 86 valence electrons. The predicted octanol–water partition coefficient (Wildman–Crippen LogP) is 0.507. The van der Waals surface area contributed by atoms with Crippen LogP contribution in [0.5, 0.6) is 0 Å². The van der Waals surface area contributed by atoms with Crippen LogP contribution in [0.4, 0.5) is 0 Å². The zero-order chi connectivity index (χ0) is 11.1. The summed E-state index contributed by atoms with van der Waals surface area (Å²) in [5, 5.41) is 13.7. The highest BCUT2D eigenvalue weighted by Gasteiger charge is 2.08. The van der Waals surface area contributed by atoms with Crippen LogP contribution in [0.3, 0.4) is 0 Å². The van der Waals surface area contributed by atoms with Gasteiger partial charge in [0.15, 0.2) is 0 Å². The van der Waals surface area contributed by atoms with E-state index in [0.29, 0.717) is 26.2 Å². The van der Waals surface area contributed by atoms with Crippen LogP contribution in [-0.4, -0.2) is 41.8 Å². The van der Waals surface area contributed by atoms with Crippen molar-refractivity contribution >= 4 is 0 Å². The summed E-state index contributed by atoms with van der Waals surface area (Å²) in [4.78, 5) is 0. The molecule has 0 amide bonds. The Morgan fingerprint density at radius 1 is 1.47 bits per heavy atom. The van der Waals surface area contributed by atoms with E-state index in [4.69, 9.17) is 9.47 Å². The number of hydrogen-bond acceptors (Lipinski definition) is 4. The van der Waals surface area contributed by atoms with Crippen LogP contribution in [0, 0.1) is 0 Å². The monoisotopic (exact) mass is 214 g/mol. The minimum Gasteiger partial charge on any atom is -0.388 e. The number of rotatable bonds is 7. The van der Waals surface area contributed by atoms with Crippen LogP contribution in [0.2, 0.25) is 0 Å². The molecule has 1 heterocycles. The van der Waals surface area contributed by atoms with Crippen LogP contribution in [-0.2, 0) is 16.5 Å². The lowest BCUT2D eigenvalue weighted by Crippen LogP contribution is -2.06. The van der Waals surface area contributed by atoms with Crippen molar-refractivity contribution in [3.63, 3.8) is 0 Å². The lowest BCUT2D eigenvalue weighted by atomic mass is 10.1. The van der Waals surface area contributed by atoms with E-state index in [9.17, 15) is 5.11 Å². The third kappa shape index (κ3) is 4.42. The first-order chi connectivity index (χ1) is 7.24. The fourth-order valence-electron chi connectivity index (χ4n) is 1.22. The van der Waals surface area contributed by atoms with E-state index in [1.165, 1.54) is 0 Å². The Bertz CT molecular complexity index is 275. The first-order valence-electron chi connectivity index (χ1n) is 4.97. The summed E-state index contributed by atoms with van der Waals surface area (Å²) in [5.74, 6) is 0. The minimum atomic E-state index is -0.499. The van der Waals surface area contributed by atoms with Gasteiger partial charge in [0.25, 0.3) is 0 Å². The molecule has 0 aromatic carbocycles. The van der Waals surface area contributed by atoms with Gasteiger partial charge >= 0.3 is 0 Å². The molecule has 0 radical (unpaired) electrons. The Kier molecular flexibility index (Phi) is 5.31. The van der Waals surface area contributed by atoms with Gasteiger partial charge in [-0.3, -0.25) is 4.68 Å². The van der Waals surface area contributed by atoms with Gasteiger partial charge in [-0.15, -0.1) is 0 Å². The highest BCUT2D eigenvalue weighted by molar-refractivity contribution is 5.07. The highest BCUT2D eigenvalue weighted by Crippen LogP contribution is 2.14. The molecule has 0 saturated carbocycles. The van der Waals surface area contributed by atoms with Gasteiger partial charge in [0.1, 0.15) is 0 Å². The summed E-state index contributed by atoms with van der Waals surface area (Å²) in [7, 11) is 3.46. The summed E-state index contributed by atoms with van der Waals surface area (Å²) in [6, 6.07) is 0. The van der Waals surface area contributed by atoms with Gasteiger partial charge in [-0.1, -0.05) is 0 Å². The summed E-state index contributed by atoms with van der Waals surface area (Å²) in [6.45, 7) is 1.68. The molecule has 0 fully saturated rings. The number of aliphatic hydroxyl groups excluding tert-OH is 1. The quantitative estimate of drug-likeness (QED) is 0.672. The van der Waals surface area contributed by atoms with Crippen molar-refractivity contribution in [1.82, 2.24) is 9.78 Å². The lowest BCUT2D eigenvalue weighted by molar-refractivity contribution is 0.0475. The zero-order valence-electron chi connectivity index (χ0n) is 9.22. The molecule has 1 aromatic heterocycles. The van der Waals surface area contributed by atoms with Crippen LogP contribution >= 0.6 is 0 Å². The molecule has 1 N–H and O–H groups in total. The predicted molar refractivity (Wildman–Crippen MR) is 55.5 cm³/mol. The number of hydrogen-bond donors (Lipinski definition) is 1. The summed E-state index contributed by atoms with van der Waals surface area (Å²) < 4.78 is 11.8. The second kappa shape index (κ2) is 6.55. The molecule has 1 aromatic rings. The SMILES string of the molecule is COCCOCCC(O)c1cnn(C)c1. The van der Waals surface area contributed by atoms with Crippen molar-refractivity contribution in [2.75, 3.05) is 26.9 Å². The van der Waals surface area contributed by atoms with E-state index in [1.807, 2.05) is 7.05 Å². The molecule has 5 nitrogen and oxygen atoms in total. The Morgan fingerprint density at radius 2 is 2.27 bits per heavy atom. The Balaban J connectivity index is 2.16. The second-order valence-electron chi connectivity index (χ2n) is 3.36. The Hall–Kier alpha value is -0.910. The van der Waals surface area contributed by atoms with Gasteiger partial charge in [-0.05, 0) is 0 Å². The summed E-state index contributed by atoms with van der Waals surface area (Å²) >= 11 is 0. The van der Waals surface area contributed by atoms with Gasteiger partial charge in [0, 0.05) is 38.9 Å². The van der Waals surface area contributed by atoms with Gasteiger partial charge in [-0.2, -0.15) is 5.10 Å². The topological polar surface area (TPSA) is 56.5 Å². The van der Waals surface area contributed by atoms with E-state index in [1.54, 1.807) is 24.2 Å². The smallest absolute Gasteiger partial charge is 0.0842 e. The zero-order valence-corrected chi connectivity index (χ0v) is 9.22. The van der Waals surface area contributed by atoms with Crippen molar-refractivity contribution in [3.8, 4) is 0 Å². The van der Waals surface area contributed by atoms with E-state index in [0.717, 1.165) is 5.56 Å². The number of aliphatic hydroxyl groups is 1. The van der Waals surface area contributed by atoms with Crippen molar-refractivity contribution in [2.45, 2.75) is 12.5 Å². The molecule has 0 aliphatic heterocycles. The van der Waals surface area contributed by atoms with Gasteiger partial charge < -0.3 is 14.6 Å². The Morgan fingerprint density at radius 3 is 2.87 bits per heavy atom. The second-order valence-corrected chi connectivity index (χ2v) is 3.36. The number of nitrogens with zero attached hydrogens (tertiary/aromatic N) is 2. The van der Waals surface area contributed by atoms with Crippen LogP contribution < -0.4 is 0 Å². The molecule has 0 aliphatic carbocycles. The van der Waals surface area contributed by atoms with Crippen LogP contribution in [0.15, 0.2) is 12.4 Å². The van der Waals surface area contributed by atoms with Crippen LogP contribution in [0.25, 0.3) is 0 Å². The molecular formula is C10H18N2O3. The normalized spacial score (nSPS) is 13.0. The molecular weight excluding hydrogens is 196 g/mol. The van der Waals surface area contributed by atoms with Gasteiger partial charge in [-0.25, -0.2) is 0 Å². The molecule has 0 bridgehead atoms. The largest absolute Gasteiger partial charge is 0.388 e. The molecule has 0 spiro atoms. The van der Waals surface area contributed by atoms with E-state index in [-0.39, 0.29) is 0 Å². The number of methoxy groups -OCH3 is 1. The van der Waals surface area contributed by atoms with E-state index < -0.39 is 6.10 Å². The van der Waals surface area contributed by atoms with Crippen molar-refractivity contribution in [1.29, 1.82) is 0 Å². The standard InChI is InChI=1S/C10H18N2O3/c1-12-8-9(7-11-12)10(13)3-4-15-6-5-14-2/h7-8,10,13H,3-6H2,1-2H3. The third-order valence-electron chi connectivity index (χ3n) is 2.08. The third-order valence-corrected chi connectivity index (χ3v) is 2.08. The number of aromatic nitrogens is 2. The first-order valence-corrected chi connectivity index (χ1v) is 4.97. The van der Waals surface area contributed by atoms with Crippen LogP contribution in [0.1, 0.15) is 18.1 Å². The molecule has 15 heavy (non-hydrogen) atoms. The number of ether oxygens (including phenoxy) is 2. The van der Waals surface area contributed by atoms with Crippen molar-refractivity contribution in [2.24, 2.45) is 7.05 Å². The fourth-order valence-corrected chi connectivity index (χ4v) is 1.22. The maximum absolute atomic E-state index is 9.73. The summed E-state index contributed by atoms with van der Waals surface area (Å²) in [6.07, 6.45) is 3.55. The fraction of sp³-hybridized carbons (Fsp3) is 0.700. The lowest BCUT2D eigenvalue weighted by Gasteiger charge is -2.08. The average Bonchev–Trinajstić information content (AvgIpc) is 2.64. The summed E-state index contributed by atoms with van der Waals surface area (Å²) in [5.41, 5.74) is 0.827. The number of aryl methyl sites for hydroxylation is 1. The average molecular weight is 214 g/mol. The molecule has 1 rings (SSSR count). The van der Waals surface area contributed by atoms with Gasteiger partial charge in [0.2, 0.25) is 0 Å². The first kappa shape index (κ1) is 12.2. The highest BCUT2D eigenvalue weighted by atomic mass is 16.5. The van der Waals surface area contributed by atoms with E-state index >= 15 is 0 Å².